The first-order valence-corrected chi connectivity index (χ1v) is 7.97. The SMILES string of the molecule is O=C(Nc1ccc2c(c1)Cc1ccccc1-2)C(O)c1ccccc1. The van der Waals surface area contributed by atoms with Crippen LogP contribution in [0.1, 0.15) is 22.8 Å². The molecule has 24 heavy (non-hydrogen) atoms. The molecule has 1 aliphatic carbocycles. The molecule has 0 heterocycles. The van der Waals surface area contributed by atoms with Crippen LogP contribution in [0, 0.1) is 0 Å². The molecule has 0 radical (unpaired) electrons. The monoisotopic (exact) mass is 315 g/mol. The maximum atomic E-state index is 12.3. The van der Waals surface area contributed by atoms with Crippen molar-refractivity contribution in [3.05, 3.63) is 89.5 Å². The van der Waals surface area contributed by atoms with E-state index in [1.165, 1.54) is 22.3 Å². The molecule has 0 saturated carbocycles. The largest absolute Gasteiger partial charge is 0.378 e. The molecule has 1 unspecified atom stereocenters. The molecular formula is C21H17NO2. The summed E-state index contributed by atoms with van der Waals surface area (Å²) in [6.45, 7) is 0. The Balaban J connectivity index is 1.55. The van der Waals surface area contributed by atoms with E-state index in [1.807, 2.05) is 36.4 Å². The Labute approximate surface area is 140 Å². The summed E-state index contributed by atoms with van der Waals surface area (Å²) >= 11 is 0. The third-order valence-corrected chi connectivity index (χ3v) is 4.42. The number of amides is 1. The van der Waals surface area contributed by atoms with Gasteiger partial charge < -0.3 is 10.4 Å². The highest BCUT2D eigenvalue weighted by molar-refractivity contribution is 5.95. The van der Waals surface area contributed by atoms with Gasteiger partial charge in [-0.3, -0.25) is 4.79 Å². The van der Waals surface area contributed by atoms with Crippen LogP contribution in [-0.2, 0) is 11.2 Å². The van der Waals surface area contributed by atoms with E-state index in [2.05, 4.69) is 17.4 Å². The summed E-state index contributed by atoms with van der Waals surface area (Å²) in [4.78, 5) is 12.3. The first-order valence-electron chi connectivity index (χ1n) is 7.97. The van der Waals surface area contributed by atoms with Gasteiger partial charge in [0.1, 0.15) is 0 Å². The Bertz CT molecular complexity index is 903. The van der Waals surface area contributed by atoms with Gasteiger partial charge in [0.25, 0.3) is 5.91 Å². The summed E-state index contributed by atoms with van der Waals surface area (Å²) in [5.74, 6) is -0.420. The smallest absolute Gasteiger partial charge is 0.257 e. The number of fused-ring (bicyclic) bond motifs is 3. The first kappa shape index (κ1) is 14.7. The fraction of sp³-hybridized carbons (Fsp3) is 0.0952. The molecule has 3 aromatic rings. The second-order valence-electron chi connectivity index (χ2n) is 6.01. The average Bonchev–Trinajstić information content (AvgIpc) is 2.99. The zero-order chi connectivity index (χ0) is 16.5. The lowest BCUT2D eigenvalue weighted by atomic mass is 10.1. The predicted molar refractivity (Wildman–Crippen MR) is 94.7 cm³/mol. The predicted octanol–water partition coefficient (Wildman–Crippen LogP) is 3.93. The van der Waals surface area contributed by atoms with E-state index < -0.39 is 12.0 Å². The van der Waals surface area contributed by atoms with Crippen LogP contribution in [0.4, 0.5) is 5.69 Å². The molecule has 2 N–H and O–H groups in total. The first-order chi connectivity index (χ1) is 11.7. The highest BCUT2D eigenvalue weighted by atomic mass is 16.3. The van der Waals surface area contributed by atoms with Crippen LogP contribution in [0.15, 0.2) is 72.8 Å². The van der Waals surface area contributed by atoms with Crippen LogP contribution in [0.25, 0.3) is 11.1 Å². The normalized spacial score (nSPS) is 13.0. The number of aliphatic hydroxyl groups excluding tert-OH is 1. The van der Waals surface area contributed by atoms with E-state index in [4.69, 9.17) is 0 Å². The number of hydrogen-bond donors (Lipinski definition) is 2. The lowest BCUT2D eigenvalue weighted by Gasteiger charge is -2.12. The second-order valence-corrected chi connectivity index (χ2v) is 6.01. The van der Waals surface area contributed by atoms with Gasteiger partial charge in [0.05, 0.1) is 0 Å². The Morgan fingerprint density at radius 1 is 0.875 bits per heavy atom. The van der Waals surface area contributed by atoms with E-state index >= 15 is 0 Å². The Morgan fingerprint density at radius 3 is 2.42 bits per heavy atom. The van der Waals surface area contributed by atoms with Gasteiger partial charge in [-0.2, -0.15) is 0 Å². The molecular weight excluding hydrogens is 298 g/mol. The summed E-state index contributed by atoms with van der Waals surface area (Å²) in [6.07, 6.45) is -0.298. The fourth-order valence-corrected chi connectivity index (χ4v) is 3.22. The number of anilines is 1. The van der Waals surface area contributed by atoms with Crippen molar-refractivity contribution >= 4 is 11.6 Å². The molecule has 0 bridgehead atoms. The van der Waals surface area contributed by atoms with Crippen molar-refractivity contribution in [1.29, 1.82) is 0 Å². The fourth-order valence-electron chi connectivity index (χ4n) is 3.22. The van der Waals surface area contributed by atoms with E-state index in [-0.39, 0.29) is 0 Å². The van der Waals surface area contributed by atoms with Gasteiger partial charge in [-0.1, -0.05) is 60.7 Å². The minimum Gasteiger partial charge on any atom is -0.378 e. The van der Waals surface area contributed by atoms with Gasteiger partial charge >= 0.3 is 0 Å². The molecule has 4 rings (SSSR count). The summed E-state index contributed by atoms with van der Waals surface area (Å²) < 4.78 is 0. The minimum absolute atomic E-state index is 0.420. The highest BCUT2D eigenvalue weighted by Crippen LogP contribution is 2.37. The number of nitrogens with one attached hydrogen (secondary N) is 1. The zero-order valence-electron chi connectivity index (χ0n) is 13.1. The Morgan fingerprint density at radius 2 is 1.58 bits per heavy atom. The van der Waals surface area contributed by atoms with Gasteiger partial charge in [-0.05, 0) is 46.4 Å². The molecule has 1 aliphatic rings. The van der Waals surface area contributed by atoms with Crippen molar-refractivity contribution in [1.82, 2.24) is 0 Å². The molecule has 0 saturated heterocycles. The van der Waals surface area contributed by atoms with E-state index in [0.29, 0.717) is 11.3 Å². The molecule has 3 aromatic carbocycles. The lowest BCUT2D eigenvalue weighted by Crippen LogP contribution is -2.20. The van der Waals surface area contributed by atoms with Crippen LogP contribution in [0.3, 0.4) is 0 Å². The highest BCUT2D eigenvalue weighted by Gasteiger charge is 2.20. The van der Waals surface area contributed by atoms with Crippen molar-refractivity contribution in [3.63, 3.8) is 0 Å². The standard InChI is InChI=1S/C21H17NO2/c23-20(14-6-2-1-3-7-14)21(24)22-17-10-11-19-16(13-17)12-15-8-4-5-9-18(15)19/h1-11,13,20,23H,12H2,(H,22,24). The van der Waals surface area contributed by atoms with Crippen molar-refractivity contribution in [2.24, 2.45) is 0 Å². The molecule has 1 atom stereocenters. The molecule has 0 spiro atoms. The molecule has 1 amide bonds. The van der Waals surface area contributed by atoms with Gasteiger partial charge in [0.15, 0.2) is 6.10 Å². The molecule has 118 valence electrons. The summed E-state index contributed by atoms with van der Waals surface area (Å²) in [7, 11) is 0. The summed E-state index contributed by atoms with van der Waals surface area (Å²) in [6, 6.07) is 23.2. The number of benzene rings is 3. The maximum Gasteiger partial charge on any atom is 0.257 e. The van der Waals surface area contributed by atoms with E-state index in [9.17, 15) is 9.90 Å². The van der Waals surface area contributed by atoms with Gasteiger partial charge in [0.2, 0.25) is 0 Å². The van der Waals surface area contributed by atoms with Crippen molar-refractivity contribution in [2.45, 2.75) is 12.5 Å². The topological polar surface area (TPSA) is 49.3 Å². The van der Waals surface area contributed by atoms with Crippen molar-refractivity contribution < 1.29 is 9.90 Å². The lowest BCUT2D eigenvalue weighted by molar-refractivity contribution is -0.124. The maximum absolute atomic E-state index is 12.3. The van der Waals surface area contributed by atoms with Crippen LogP contribution in [0.5, 0.6) is 0 Å². The number of hydrogen-bond acceptors (Lipinski definition) is 2. The quantitative estimate of drug-likeness (QED) is 0.602. The number of carbonyl (C=O) groups is 1. The zero-order valence-corrected chi connectivity index (χ0v) is 13.1. The summed E-state index contributed by atoms with van der Waals surface area (Å²) in [5, 5.41) is 13.0. The number of aliphatic hydroxyl groups is 1. The third-order valence-electron chi connectivity index (χ3n) is 4.42. The second kappa shape index (κ2) is 5.95. The number of rotatable bonds is 3. The van der Waals surface area contributed by atoms with E-state index in [1.54, 1.807) is 24.3 Å². The van der Waals surface area contributed by atoms with Crippen LogP contribution < -0.4 is 5.32 Å². The minimum atomic E-state index is -1.17. The Hall–Kier alpha value is -2.91. The molecule has 0 fully saturated rings. The van der Waals surface area contributed by atoms with Crippen LogP contribution in [-0.4, -0.2) is 11.0 Å². The van der Waals surface area contributed by atoms with Crippen LogP contribution in [0.2, 0.25) is 0 Å². The van der Waals surface area contributed by atoms with Gasteiger partial charge in [-0.25, -0.2) is 0 Å². The average molecular weight is 315 g/mol. The van der Waals surface area contributed by atoms with Gasteiger partial charge in [0, 0.05) is 5.69 Å². The Kier molecular flexibility index (Phi) is 3.63. The molecule has 3 heteroatoms. The van der Waals surface area contributed by atoms with Crippen molar-refractivity contribution in [2.75, 3.05) is 5.32 Å². The van der Waals surface area contributed by atoms with Crippen molar-refractivity contribution in [3.8, 4) is 11.1 Å². The molecule has 3 nitrogen and oxygen atoms in total. The molecule has 0 aliphatic heterocycles. The number of carbonyl (C=O) groups excluding carboxylic acids is 1. The molecule has 0 aromatic heterocycles. The van der Waals surface area contributed by atoms with Gasteiger partial charge in [-0.15, -0.1) is 0 Å². The van der Waals surface area contributed by atoms with E-state index in [0.717, 1.165) is 6.42 Å². The van der Waals surface area contributed by atoms with Crippen LogP contribution >= 0.6 is 0 Å². The third kappa shape index (κ3) is 2.59. The summed E-state index contributed by atoms with van der Waals surface area (Å²) in [5.41, 5.74) is 6.27.